The summed E-state index contributed by atoms with van der Waals surface area (Å²) in [6, 6.07) is 8.52. The third-order valence-corrected chi connectivity index (χ3v) is 8.00. The molecule has 0 aliphatic carbocycles. The predicted octanol–water partition coefficient (Wildman–Crippen LogP) is 5.41. The molecule has 0 bridgehead atoms. The molecule has 3 aromatic rings. The van der Waals surface area contributed by atoms with Crippen molar-refractivity contribution in [2.45, 2.75) is 44.4 Å². The van der Waals surface area contributed by atoms with Crippen LogP contribution in [0.1, 0.15) is 40.2 Å². The topological polar surface area (TPSA) is 219 Å². The zero-order chi connectivity index (χ0) is 31.7. The van der Waals surface area contributed by atoms with Crippen molar-refractivity contribution in [3.05, 3.63) is 59.0 Å². The molecule has 1 heterocycles. The van der Waals surface area contributed by atoms with Crippen molar-refractivity contribution in [2.75, 3.05) is 29.1 Å². The molecule has 0 radical (unpaired) electrons. The molecule has 1 aliphatic rings. The van der Waals surface area contributed by atoms with E-state index in [1.165, 1.54) is 10.5 Å². The van der Waals surface area contributed by atoms with Gasteiger partial charge in [0.15, 0.2) is 0 Å². The van der Waals surface area contributed by atoms with Crippen LogP contribution in [0, 0.1) is 5.92 Å². The second kappa shape index (κ2) is 15.0. The Balaban J connectivity index is 0.000000349. The first-order valence-corrected chi connectivity index (χ1v) is 15.7. The molecule has 0 amide bonds. The molecule has 0 aromatic heterocycles. The van der Waals surface area contributed by atoms with Gasteiger partial charge in [-0.05, 0) is 53.0 Å². The number of allylic oxidation sites excluding steroid dienone is 2. The minimum Gasteiger partial charge on any atom is -0.505 e. The van der Waals surface area contributed by atoms with E-state index in [0.29, 0.717) is 5.92 Å². The lowest BCUT2D eigenvalue weighted by molar-refractivity contribution is 0.473. The van der Waals surface area contributed by atoms with Crippen LogP contribution < -0.4 is 22.5 Å². The van der Waals surface area contributed by atoms with Gasteiger partial charge in [-0.15, -0.1) is 12.6 Å². The number of rotatable bonds is 3. The van der Waals surface area contributed by atoms with Gasteiger partial charge in [0.2, 0.25) is 0 Å². The Morgan fingerprint density at radius 2 is 1.61 bits per heavy atom. The average molecular weight is 627 g/mol. The molecule has 14 heteroatoms. The van der Waals surface area contributed by atoms with E-state index < -0.39 is 41.5 Å². The van der Waals surface area contributed by atoms with Crippen molar-refractivity contribution >= 4 is 72.5 Å². The molecule has 11 nitrogen and oxygen atoms in total. The molecule has 0 unspecified atom stereocenters. The Morgan fingerprint density at radius 1 is 1.00 bits per heavy atom. The fraction of sp³-hybridized carbons (Fsp3) is 0.259. The molecular formula is C27H38N4O7S3. The molecule has 0 saturated heterocycles. The quantitative estimate of drug-likeness (QED) is 0.0794. The van der Waals surface area contributed by atoms with Crippen molar-refractivity contribution in [3.63, 3.8) is 0 Å². The van der Waals surface area contributed by atoms with Crippen LogP contribution in [0.15, 0.2) is 63.2 Å². The zero-order valence-electron chi connectivity index (χ0n) is 23.5. The second-order valence-corrected chi connectivity index (χ2v) is 12.0. The molecule has 10 N–H and O–H groups in total. The molecule has 3 aromatic carbocycles. The smallest absolute Gasteiger partial charge is 0.296 e. The number of hydrogen-bond acceptors (Lipinski definition) is 10. The average Bonchev–Trinajstić information content (AvgIpc) is 2.91. The van der Waals surface area contributed by atoms with E-state index in [9.17, 15) is 21.9 Å². The summed E-state index contributed by atoms with van der Waals surface area (Å²) in [5.74, 6) is -0.132. The summed E-state index contributed by atoms with van der Waals surface area (Å²) < 4.78 is 62.6. The summed E-state index contributed by atoms with van der Waals surface area (Å²) in [5, 5.41) is 12.9. The summed E-state index contributed by atoms with van der Waals surface area (Å²) >= 11 is 4.19. The second-order valence-electron chi connectivity index (χ2n) is 8.66. The number of aromatic hydroxyl groups is 1. The first kappa shape index (κ1) is 35.6. The van der Waals surface area contributed by atoms with E-state index in [1.54, 1.807) is 0 Å². The van der Waals surface area contributed by atoms with E-state index in [1.807, 2.05) is 45.0 Å². The number of nitrogen functional groups attached to an aromatic ring is 3. The van der Waals surface area contributed by atoms with Crippen molar-refractivity contribution in [1.82, 2.24) is 0 Å². The molecular weight excluding hydrogens is 589 g/mol. The highest BCUT2D eigenvalue weighted by molar-refractivity contribution is 7.86. The van der Waals surface area contributed by atoms with Crippen LogP contribution in [-0.4, -0.2) is 37.6 Å². The van der Waals surface area contributed by atoms with Crippen LogP contribution >= 0.6 is 12.6 Å². The minimum atomic E-state index is -4.75. The maximum Gasteiger partial charge on any atom is 0.296 e. The Bertz CT molecular complexity index is 1650. The number of thiol groups is 1. The monoisotopic (exact) mass is 626 g/mol. The lowest BCUT2D eigenvalue weighted by atomic mass is 10.1. The summed E-state index contributed by atoms with van der Waals surface area (Å²) in [7, 11) is -9.34. The molecule has 0 fully saturated rings. The van der Waals surface area contributed by atoms with Gasteiger partial charge in [0.1, 0.15) is 10.6 Å². The van der Waals surface area contributed by atoms with Gasteiger partial charge in [-0.3, -0.25) is 9.11 Å². The Labute approximate surface area is 247 Å². The van der Waals surface area contributed by atoms with E-state index in [2.05, 4.69) is 43.9 Å². The molecule has 226 valence electrons. The van der Waals surface area contributed by atoms with Crippen molar-refractivity contribution < 1.29 is 31.0 Å². The van der Waals surface area contributed by atoms with E-state index in [4.69, 9.17) is 26.3 Å². The number of fused-ring (bicyclic) bond motifs is 2. The van der Waals surface area contributed by atoms with Gasteiger partial charge in [0, 0.05) is 17.6 Å². The van der Waals surface area contributed by atoms with Gasteiger partial charge in [0.25, 0.3) is 20.2 Å². The number of anilines is 4. The van der Waals surface area contributed by atoms with Gasteiger partial charge in [-0.1, -0.05) is 58.1 Å². The standard InChI is InChI=1S/C10H10N2O7S2.C9H10N2.C6H12S.C2H6/c11-6-3-5(20(14,15)16)1-4-2-7(21(17,18)19)9(12)10(13)8(4)6;10-8-5-1-3-7-4-2-6-11-9(7)8;1-4-6(7)5(2)3;1-2/h1-3,13H,11-12H2,(H,14,15,16)(H,17,18,19);1-5,11H,6,10H2;4-5,7H,1-3H3;1-2H3/b;;6-4+;. The lowest BCUT2D eigenvalue weighted by Gasteiger charge is -2.14. The van der Waals surface area contributed by atoms with Crippen LogP contribution in [0.4, 0.5) is 22.7 Å². The first-order valence-electron chi connectivity index (χ1n) is 12.4. The maximum atomic E-state index is 11.2. The van der Waals surface area contributed by atoms with Crippen molar-refractivity contribution in [1.29, 1.82) is 0 Å². The largest absolute Gasteiger partial charge is 0.505 e. The first-order chi connectivity index (χ1) is 19.0. The Kier molecular flexibility index (Phi) is 13.0. The van der Waals surface area contributed by atoms with Crippen LogP contribution in [-0.2, 0) is 20.2 Å². The normalized spacial score (nSPS) is 12.6. The highest BCUT2D eigenvalue weighted by Crippen LogP contribution is 2.40. The van der Waals surface area contributed by atoms with Gasteiger partial charge in [-0.2, -0.15) is 16.8 Å². The number of nitrogens with one attached hydrogen (secondary N) is 1. The number of nitrogens with two attached hydrogens (primary N) is 3. The number of benzene rings is 3. The van der Waals surface area contributed by atoms with E-state index in [0.717, 1.165) is 36.1 Å². The highest BCUT2D eigenvalue weighted by Gasteiger charge is 2.22. The number of para-hydroxylation sites is 1. The lowest BCUT2D eigenvalue weighted by Crippen LogP contribution is -2.06. The van der Waals surface area contributed by atoms with Gasteiger partial charge in [-0.25, -0.2) is 0 Å². The SMILES string of the molecule is C/C=C(/S)C(C)C.CC.Nc1c(S(=O)(=O)O)cc2cc(S(=O)(=O)O)cc(N)c2c1O.Nc1cccc2c1NCC=C2. The number of phenols is 1. The molecule has 0 atom stereocenters. The molecule has 1 aliphatic heterocycles. The fourth-order valence-electron chi connectivity index (χ4n) is 3.49. The van der Waals surface area contributed by atoms with Crippen LogP contribution in [0.3, 0.4) is 0 Å². The van der Waals surface area contributed by atoms with Gasteiger partial charge >= 0.3 is 0 Å². The van der Waals surface area contributed by atoms with E-state index >= 15 is 0 Å². The summed E-state index contributed by atoms with van der Waals surface area (Å²) in [4.78, 5) is -0.239. The molecule has 0 saturated carbocycles. The van der Waals surface area contributed by atoms with E-state index in [-0.39, 0.29) is 16.5 Å². The van der Waals surface area contributed by atoms with Crippen molar-refractivity contribution in [3.8, 4) is 5.75 Å². The third kappa shape index (κ3) is 9.57. The van der Waals surface area contributed by atoms with Crippen LogP contribution in [0.25, 0.3) is 16.8 Å². The molecule has 4 rings (SSSR count). The summed E-state index contributed by atoms with van der Waals surface area (Å²) in [5.41, 5.74) is 18.9. The maximum absolute atomic E-state index is 11.2. The minimum absolute atomic E-state index is 0.104. The highest BCUT2D eigenvalue weighted by atomic mass is 32.2. The predicted molar refractivity (Wildman–Crippen MR) is 171 cm³/mol. The van der Waals surface area contributed by atoms with Crippen molar-refractivity contribution in [2.24, 2.45) is 5.92 Å². The third-order valence-electron chi connectivity index (χ3n) is 5.50. The van der Waals surface area contributed by atoms with Gasteiger partial charge < -0.3 is 27.6 Å². The van der Waals surface area contributed by atoms with Crippen LogP contribution in [0.5, 0.6) is 5.75 Å². The zero-order valence-corrected chi connectivity index (χ0v) is 26.0. The summed E-state index contributed by atoms with van der Waals surface area (Å²) in [6.45, 7) is 11.1. The fourth-order valence-corrected chi connectivity index (χ4v) is 4.69. The van der Waals surface area contributed by atoms with Crippen LogP contribution in [0.2, 0.25) is 0 Å². The number of hydrogen-bond donors (Lipinski definition) is 8. The molecule has 41 heavy (non-hydrogen) atoms. The summed E-state index contributed by atoms with van der Waals surface area (Å²) in [6.07, 6.45) is 6.19. The Hall–Kier alpha value is -3.43. The number of phenolic OH excluding ortho intramolecular Hbond substituents is 1. The molecule has 0 spiro atoms. The van der Waals surface area contributed by atoms with Gasteiger partial charge in [0.05, 0.1) is 22.0 Å². The Morgan fingerprint density at radius 3 is 2.07 bits per heavy atom.